The molecule has 78 valence electrons. The number of carbonyl (C=O) groups is 1. The molecule has 1 amide bonds. The molecule has 1 aliphatic heterocycles. The van der Waals surface area contributed by atoms with Gasteiger partial charge in [-0.1, -0.05) is 6.42 Å². The van der Waals surface area contributed by atoms with Crippen molar-refractivity contribution < 1.29 is 4.79 Å². The minimum absolute atomic E-state index is 0.0803. The third-order valence-electron chi connectivity index (χ3n) is 3.46. The molecule has 4 nitrogen and oxygen atoms in total. The van der Waals surface area contributed by atoms with Gasteiger partial charge in [0.05, 0.1) is 5.54 Å². The van der Waals surface area contributed by atoms with E-state index in [4.69, 9.17) is 5.73 Å². The second-order valence-corrected chi connectivity index (χ2v) is 4.44. The maximum Gasteiger partial charge on any atom is 0.220 e. The number of nitrogens with two attached hydrogens (primary N) is 1. The van der Waals surface area contributed by atoms with Crippen molar-refractivity contribution >= 4 is 12.1 Å². The molecule has 0 aromatic heterocycles. The van der Waals surface area contributed by atoms with Gasteiger partial charge < -0.3 is 11.2 Å². The summed E-state index contributed by atoms with van der Waals surface area (Å²) < 4.78 is 0. The highest BCUT2D eigenvalue weighted by molar-refractivity contribution is 5.76. The van der Waals surface area contributed by atoms with Crippen LogP contribution < -0.4 is 11.2 Å². The molecule has 2 rings (SSSR count). The summed E-state index contributed by atoms with van der Waals surface area (Å²) in [7, 11) is 0. The van der Waals surface area contributed by atoms with Crippen LogP contribution >= 0.6 is 0 Å². The van der Waals surface area contributed by atoms with Crippen molar-refractivity contribution in [2.75, 3.05) is 0 Å². The van der Waals surface area contributed by atoms with E-state index in [1.54, 1.807) is 0 Å². The van der Waals surface area contributed by atoms with Crippen LogP contribution in [-0.4, -0.2) is 17.7 Å². The molecular weight excluding hydrogens is 178 g/mol. The zero-order valence-corrected chi connectivity index (χ0v) is 8.33. The van der Waals surface area contributed by atoms with Gasteiger partial charge in [0.2, 0.25) is 5.91 Å². The molecular formula is C10H17N3O. The van der Waals surface area contributed by atoms with Crippen molar-refractivity contribution in [3.8, 4) is 0 Å². The Hall–Kier alpha value is -1.06. The van der Waals surface area contributed by atoms with E-state index in [0.717, 1.165) is 38.5 Å². The molecule has 2 atom stereocenters. The topological polar surface area (TPSA) is 67.5 Å². The predicted molar refractivity (Wildman–Crippen MR) is 54.7 cm³/mol. The van der Waals surface area contributed by atoms with Crippen molar-refractivity contribution in [1.29, 1.82) is 0 Å². The Bertz CT molecular complexity index is 254. The zero-order chi connectivity index (χ0) is 10.0. The number of rotatable bonds is 1. The SMILES string of the molecule is NC(=O)C1CCCC2(CC=NN2)CC1. The van der Waals surface area contributed by atoms with Gasteiger partial charge >= 0.3 is 0 Å². The molecule has 0 bridgehead atoms. The molecule has 1 spiro atoms. The molecule has 14 heavy (non-hydrogen) atoms. The number of hydrazone groups is 1. The van der Waals surface area contributed by atoms with Crippen LogP contribution in [0.2, 0.25) is 0 Å². The summed E-state index contributed by atoms with van der Waals surface area (Å²) in [6.45, 7) is 0. The highest BCUT2D eigenvalue weighted by Crippen LogP contribution is 2.33. The van der Waals surface area contributed by atoms with Gasteiger partial charge in [-0.05, 0) is 25.7 Å². The Morgan fingerprint density at radius 2 is 2.36 bits per heavy atom. The van der Waals surface area contributed by atoms with Gasteiger partial charge in [0.25, 0.3) is 0 Å². The summed E-state index contributed by atoms with van der Waals surface area (Å²) in [5.41, 5.74) is 8.66. The Kier molecular flexibility index (Phi) is 2.44. The second-order valence-electron chi connectivity index (χ2n) is 4.44. The summed E-state index contributed by atoms with van der Waals surface area (Å²) in [5.74, 6) is -0.0576. The second kappa shape index (κ2) is 3.59. The molecule has 0 aromatic carbocycles. The Balaban J connectivity index is 1.97. The smallest absolute Gasteiger partial charge is 0.220 e. The van der Waals surface area contributed by atoms with Crippen molar-refractivity contribution in [1.82, 2.24) is 5.43 Å². The number of amides is 1. The summed E-state index contributed by atoms with van der Waals surface area (Å²) in [4.78, 5) is 11.1. The van der Waals surface area contributed by atoms with Gasteiger partial charge in [0, 0.05) is 18.6 Å². The van der Waals surface area contributed by atoms with Crippen molar-refractivity contribution in [2.45, 2.75) is 44.1 Å². The van der Waals surface area contributed by atoms with Crippen LogP contribution in [0.1, 0.15) is 38.5 Å². The van der Waals surface area contributed by atoms with Crippen LogP contribution in [0.5, 0.6) is 0 Å². The predicted octanol–water partition coefficient (Wildman–Crippen LogP) is 0.770. The number of carbonyl (C=O) groups excluding carboxylic acids is 1. The average molecular weight is 195 g/mol. The highest BCUT2D eigenvalue weighted by atomic mass is 16.1. The minimum atomic E-state index is -0.138. The molecule has 1 fully saturated rings. The first-order valence-electron chi connectivity index (χ1n) is 5.30. The molecule has 2 unspecified atom stereocenters. The summed E-state index contributed by atoms with van der Waals surface area (Å²) in [6.07, 6.45) is 7.98. The fourth-order valence-corrected chi connectivity index (χ4v) is 2.46. The molecule has 0 radical (unpaired) electrons. The molecule has 0 saturated heterocycles. The Morgan fingerprint density at radius 3 is 3.00 bits per heavy atom. The maximum atomic E-state index is 11.1. The molecule has 4 heteroatoms. The van der Waals surface area contributed by atoms with Crippen molar-refractivity contribution in [3.63, 3.8) is 0 Å². The highest BCUT2D eigenvalue weighted by Gasteiger charge is 2.35. The third-order valence-corrected chi connectivity index (χ3v) is 3.46. The van der Waals surface area contributed by atoms with Crippen LogP contribution in [0, 0.1) is 5.92 Å². The van der Waals surface area contributed by atoms with Crippen LogP contribution in [0.3, 0.4) is 0 Å². The molecule has 3 N–H and O–H groups in total. The summed E-state index contributed by atoms with van der Waals surface area (Å²) >= 11 is 0. The van der Waals surface area contributed by atoms with E-state index in [1.807, 2.05) is 6.21 Å². The van der Waals surface area contributed by atoms with Gasteiger partial charge in [0.15, 0.2) is 0 Å². The van der Waals surface area contributed by atoms with E-state index in [2.05, 4.69) is 10.5 Å². The lowest BCUT2D eigenvalue weighted by atomic mass is 9.88. The fraction of sp³-hybridized carbons (Fsp3) is 0.800. The molecule has 1 heterocycles. The molecule has 1 aliphatic carbocycles. The molecule has 2 aliphatic rings. The first-order chi connectivity index (χ1) is 6.72. The van der Waals surface area contributed by atoms with Crippen molar-refractivity contribution in [3.05, 3.63) is 0 Å². The van der Waals surface area contributed by atoms with Gasteiger partial charge in [0.1, 0.15) is 0 Å². The lowest BCUT2D eigenvalue weighted by Gasteiger charge is -2.26. The zero-order valence-electron chi connectivity index (χ0n) is 8.33. The standard InChI is InChI=1S/C10H17N3O/c11-9(14)8-2-1-4-10(5-3-8)6-7-12-13-10/h7-8,13H,1-6H2,(H2,11,14). The molecule has 0 aromatic rings. The summed E-state index contributed by atoms with van der Waals surface area (Å²) in [6, 6.07) is 0. The van der Waals surface area contributed by atoms with Gasteiger partial charge in [-0.15, -0.1) is 0 Å². The van der Waals surface area contributed by atoms with Crippen LogP contribution in [0.15, 0.2) is 5.10 Å². The van der Waals surface area contributed by atoms with Gasteiger partial charge in [-0.2, -0.15) is 5.10 Å². The van der Waals surface area contributed by atoms with Crippen LogP contribution in [0.4, 0.5) is 0 Å². The monoisotopic (exact) mass is 195 g/mol. The van der Waals surface area contributed by atoms with Crippen LogP contribution in [-0.2, 0) is 4.79 Å². The Morgan fingerprint density at radius 1 is 1.50 bits per heavy atom. The Labute approximate surface area is 83.9 Å². The van der Waals surface area contributed by atoms with E-state index in [-0.39, 0.29) is 17.4 Å². The lowest BCUT2D eigenvalue weighted by molar-refractivity contribution is -0.122. The fourth-order valence-electron chi connectivity index (χ4n) is 2.46. The van der Waals surface area contributed by atoms with E-state index in [0.29, 0.717) is 0 Å². The quantitative estimate of drug-likeness (QED) is 0.649. The molecule has 1 saturated carbocycles. The maximum absolute atomic E-state index is 11.1. The van der Waals surface area contributed by atoms with Crippen molar-refractivity contribution in [2.24, 2.45) is 16.8 Å². The number of nitrogens with one attached hydrogen (secondary N) is 1. The third kappa shape index (κ3) is 1.74. The first kappa shape index (κ1) is 9.49. The lowest BCUT2D eigenvalue weighted by Crippen LogP contribution is -2.38. The van der Waals surface area contributed by atoms with E-state index in [9.17, 15) is 4.79 Å². The van der Waals surface area contributed by atoms with E-state index >= 15 is 0 Å². The largest absolute Gasteiger partial charge is 0.369 e. The normalized spacial score (nSPS) is 36.7. The van der Waals surface area contributed by atoms with Gasteiger partial charge in [-0.3, -0.25) is 4.79 Å². The van der Waals surface area contributed by atoms with E-state index in [1.165, 1.54) is 0 Å². The number of hydrogen-bond acceptors (Lipinski definition) is 3. The average Bonchev–Trinajstić information content (AvgIpc) is 2.47. The number of hydrogen-bond donors (Lipinski definition) is 2. The summed E-state index contributed by atoms with van der Waals surface area (Å²) in [5, 5.41) is 4.08. The first-order valence-corrected chi connectivity index (χ1v) is 5.30. The van der Waals surface area contributed by atoms with E-state index < -0.39 is 0 Å². The van der Waals surface area contributed by atoms with Crippen LogP contribution in [0.25, 0.3) is 0 Å². The van der Waals surface area contributed by atoms with Gasteiger partial charge in [-0.25, -0.2) is 0 Å². The number of primary amides is 1. The minimum Gasteiger partial charge on any atom is -0.369 e. The number of nitrogens with zero attached hydrogens (tertiary/aromatic N) is 1.